The molecule has 6 heteroatoms. The highest BCUT2D eigenvalue weighted by atomic mass is 19.1. The Bertz CT molecular complexity index is 826. The van der Waals surface area contributed by atoms with Gasteiger partial charge in [0.1, 0.15) is 5.82 Å². The molecule has 1 aromatic heterocycles. The van der Waals surface area contributed by atoms with E-state index in [0.29, 0.717) is 6.04 Å². The summed E-state index contributed by atoms with van der Waals surface area (Å²) in [5.74, 6) is 0.685. The Kier molecular flexibility index (Phi) is 6.09. The number of piperidine rings is 1. The van der Waals surface area contributed by atoms with E-state index in [1.54, 1.807) is 12.1 Å². The average Bonchev–Trinajstić information content (AvgIpc) is 3.54. The Morgan fingerprint density at radius 2 is 2.03 bits per heavy atom. The first-order valence-corrected chi connectivity index (χ1v) is 10.5. The SMILES string of the molecule is CN=C(NCC1(c2cccc(F)c2)CC1)NC1CCN(Cc2ccccn2)CC1. The van der Waals surface area contributed by atoms with E-state index >= 15 is 0 Å². The molecule has 2 heterocycles. The van der Waals surface area contributed by atoms with Gasteiger partial charge >= 0.3 is 0 Å². The van der Waals surface area contributed by atoms with Crippen LogP contribution >= 0.6 is 0 Å². The van der Waals surface area contributed by atoms with Gasteiger partial charge in [-0.25, -0.2) is 4.39 Å². The number of guanidine groups is 1. The minimum Gasteiger partial charge on any atom is -0.356 e. The van der Waals surface area contributed by atoms with Gasteiger partial charge in [-0.2, -0.15) is 0 Å². The Hall–Kier alpha value is -2.47. The second kappa shape index (κ2) is 8.91. The summed E-state index contributed by atoms with van der Waals surface area (Å²) in [4.78, 5) is 11.3. The van der Waals surface area contributed by atoms with Crippen LogP contribution in [0.25, 0.3) is 0 Å². The van der Waals surface area contributed by atoms with Gasteiger partial charge in [-0.15, -0.1) is 0 Å². The monoisotopic (exact) mass is 395 g/mol. The van der Waals surface area contributed by atoms with Crippen molar-refractivity contribution >= 4 is 5.96 Å². The minimum atomic E-state index is -0.159. The van der Waals surface area contributed by atoms with Crippen molar-refractivity contribution in [2.75, 3.05) is 26.7 Å². The van der Waals surface area contributed by atoms with Crippen LogP contribution in [-0.2, 0) is 12.0 Å². The molecule has 154 valence electrons. The second-order valence-electron chi connectivity index (χ2n) is 8.23. The third-order valence-electron chi connectivity index (χ3n) is 6.15. The summed E-state index contributed by atoms with van der Waals surface area (Å²) < 4.78 is 13.6. The predicted molar refractivity (Wildman–Crippen MR) is 114 cm³/mol. The van der Waals surface area contributed by atoms with Gasteiger partial charge in [0.05, 0.1) is 5.69 Å². The summed E-state index contributed by atoms with van der Waals surface area (Å²) in [7, 11) is 1.81. The fourth-order valence-corrected chi connectivity index (χ4v) is 4.13. The lowest BCUT2D eigenvalue weighted by atomic mass is 9.96. The van der Waals surface area contributed by atoms with E-state index in [0.717, 1.165) is 69.1 Å². The Balaban J connectivity index is 1.24. The van der Waals surface area contributed by atoms with Crippen LogP contribution in [-0.4, -0.2) is 48.6 Å². The standard InChI is InChI=1S/C23H30FN5/c1-25-22(27-17-23(10-11-23)18-5-4-6-19(24)15-18)28-20-8-13-29(14-9-20)16-21-7-2-3-12-26-21/h2-7,12,15,20H,8-11,13-14,16-17H2,1H3,(H2,25,27,28). The fourth-order valence-electron chi connectivity index (χ4n) is 4.13. The van der Waals surface area contributed by atoms with Crippen molar-refractivity contribution in [2.45, 2.75) is 43.7 Å². The van der Waals surface area contributed by atoms with E-state index < -0.39 is 0 Å². The molecular formula is C23H30FN5. The molecular weight excluding hydrogens is 365 g/mol. The number of aliphatic imine (C=N–C) groups is 1. The van der Waals surface area contributed by atoms with E-state index in [1.165, 1.54) is 6.07 Å². The predicted octanol–water partition coefficient (Wildman–Crippen LogP) is 3.08. The van der Waals surface area contributed by atoms with Crippen molar-refractivity contribution in [3.05, 3.63) is 65.7 Å². The van der Waals surface area contributed by atoms with Crippen LogP contribution in [0, 0.1) is 5.82 Å². The average molecular weight is 396 g/mol. The number of likely N-dealkylation sites (tertiary alicyclic amines) is 1. The molecule has 2 aliphatic rings. The number of halogens is 1. The molecule has 0 unspecified atom stereocenters. The van der Waals surface area contributed by atoms with Crippen LogP contribution in [0.1, 0.15) is 36.9 Å². The van der Waals surface area contributed by atoms with Crippen LogP contribution in [0.5, 0.6) is 0 Å². The molecule has 1 saturated carbocycles. The number of nitrogens with zero attached hydrogens (tertiary/aromatic N) is 3. The molecule has 5 nitrogen and oxygen atoms in total. The quantitative estimate of drug-likeness (QED) is 0.583. The smallest absolute Gasteiger partial charge is 0.191 e. The third-order valence-corrected chi connectivity index (χ3v) is 6.15. The summed E-state index contributed by atoms with van der Waals surface area (Å²) >= 11 is 0. The maximum absolute atomic E-state index is 13.6. The number of aromatic nitrogens is 1. The van der Waals surface area contributed by atoms with Gasteiger partial charge in [-0.05, 0) is 55.5 Å². The van der Waals surface area contributed by atoms with Crippen LogP contribution in [0.15, 0.2) is 53.7 Å². The van der Waals surface area contributed by atoms with E-state index in [2.05, 4.69) is 31.6 Å². The molecule has 1 aliphatic carbocycles. The van der Waals surface area contributed by atoms with Crippen molar-refractivity contribution < 1.29 is 4.39 Å². The van der Waals surface area contributed by atoms with Crippen LogP contribution in [0.2, 0.25) is 0 Å². The van der Waals surface area contributed by atoms with Gasteiger partial charge in [-0.1, -0.05) is 18.2 Å². The molecule has 29 heavy (non-hydrogen) atoms. The molecule has 2 fully saturated rings. The molecule has 0 bridgehead atoms. The molecule has 1 aliphatic heterocycles. The lowest BCUT2D eigenvalue weighted by molar-refractivity contribution is 0.196. The van der Waals surface area contributed by atoms with Gasteiger partial charge in [0, 0.05) is 50.9 Å². The first-order chi connectivity index (χ1) is 14.2. The molecule has 1 saturated heterocycles. The molecule has 0 amide bonds. The molecule has 0 atom stereocenters. The first kappa shape index (κ1) is 19.8. The van der Waals surface area contributed by atoms with Crippen molar-refractivity contribution in [3.63, 3.8) is 0 Å². The largest absolute Gasteiger partial charge is 0.356 e. The number of pyridine rings is 1. The number of hydrogen-bond donors (Lipinski definition) is 2. The molecule has 2 N–H and O–H groups in total. The second-order valence-corrected chi connectivity index (χ2v) is 8.23. The molecule has 0 spiro atoms. The van der Waals surface area contributed by atoms with Crippen LogP contribution < -0.4 is 10.6 Å². The molecule has 4 rings (SSSR count). The highest BCUT2D eigenvalue weighted by molar-refractivity contribution is 5.80. The zero-order chi connectivity index (χ0) is 20.1. The van der Waals surface area contributed by atoms with Crippen molar-refractivity contribution in [2.24, 2.45) is 4.99 Å². The number of nitrogens with one attached hydrogen (secondary N) is 2. The topological polar surface area (TPSA) is 52.6 Å². The lowest BCUT2D eigenvalue weighted by Crippen LogP contribution is -2.49. The highest BCUT2D eigenvalue weighted by Gasteiger charge is 2.44. The zero-order valence-corrected chi connectivity index (χ0v) is 17.1. The Morgan fingerprint density at radius 3 is 2.69 bits per heavy atom. The normalized spacial score (nSPS) is 19.7. The summed E-state index contributed by atoms with van der Waals surface area (Å²) in [5, 5.41) is 7.06. The van der Waals surface area contributed by atoms with E-state index in [9.17, 15) is 4.39 Å². The van der Waals surface area contributed by atoms with E-state index in [1.807, 2.05) is 31.4 Å². The summed E-state index contributed by atoms with van der Waals surface area (Å²) in [6.07, 6.45) is 6.21. The Morgan fingerprint density at radius 1 is 1.21 bits per heavy atom. The lowest BCUT2D eigenvalue weighted by Gasteiger charge is -2.33. The number of hydrogen-bond acceptors (Lipinski definition) is 3. The van der Waals surface area contributed by atoms with E-state index in [-0.39, 0.29) is 11.2 Å². The first-order valence-electron chi connectivity index (χ1n) is 10.5. The number of benzene rings is 1. The van der Waals surface area contributed by atoms with E-state index in [4.69, 9.17) is 0 Å². The van der Waals surface area contributed by atoms with Crippen LogP contribution in [0.4, 0.5) is 4.39 Å². The summed E-state index contributed by atoms with van der Waals surface area (Å²) in [6.45, 7) is 3.81. The molecule has 2 aromatic rings. The van der Waals surface area contributed by atoms with Gasteiger partial charge in [-0.3, -0.25) is 14.9 Å². The van der Waals surface area contributed by atoms with Crippen LogP contribution in [0.3, 0.4) is 0 Å². The molecule has 0 radical (unpaired) electrons. The highest BCUT2D eigenvalue weighted by Crippen LogP contribution is 2.47. The van der Waals surface area contributed by atoms with Crippen molar-refractivity contribution in [1.29, 1.82) is 0 Å². The zero-order valence-electron chi connectivity index (χ0n) is 17.1. The maximum atomic E-state index is 13.6. The minimum absolute atomic E-state index is 0.0474. The van der Waals surface area contributed by atoms with Gasteiger partial charge in [0.2, 0.25) is 0 Å². The fraction of sp³-hybridized carbons (Fsp3) is 0.478. The van der Waals surface area contributed by atoms with Gasteiger partial charge < -0.3 is 10.6 Å². The summed E-state index contributed by atoms with van der Waals surface area (Å²) in [6, 6.07) is 13.5. The van der Waals surface area contributed by atoms with Crippen molar-refractivity contribution in [3.8, 4) is 0 Å². The van der Waals surface area contributed by atoms with Crippen molar-refractivity contribution in [1.82, 2.24) is 20.5 Å². The molecule has 1 aromatic carbocycles. The maximum Gasteiger partial charge on any atom is 0.191 e. The van der Waals surface area contributed by atoms with Gasteiger partial charge in [0.15, 0.2) is 5.96 Å². The third kappa shape index (κ3) is 5.12. The summed E-state index contributed by atoms with van der Waals surface area (Å²) in [5.41, 5.74) is 2.26. The number of rotatable bonds is 6. The Labute approximate surface area is 172 Å². The van der Waals surface area contributed by atoms with Gasteiger partial charge in [0.25, 0.3) is 0 Å².